The number of esters is 1. The zero-order valence-electron chi connectivity index (χ0n) is 15.6. The molecule has 0 saturated carbocycles. The van der Waals surface area contributed by atoms with Crippen LogP contribution in [-0.4, -0.2) is 28.0 Å². The van der Waals surface area contributed by atoms with Crippen molar-refractivity contribution in [2.75, 3.05) is 7.11 Å². The van der Waals surface area contributed by atoms with Gasteiger partial charge in [0.25, 0.3) is 5.56 Å². The van der Waals surface area contributed by atoms with Crippen LogP contribution < -0.4 is 10.3 Å². The maximum absolute atomic E-state index is 13.6. The van der Waals surface area contributed by atoms with Gasteiger partial charge in [0.1, 0.15) is 17.7 Å². The molecule has 3 rings (SSSR count). The lowest BCUT2D eigenvalue weighted by Crippen LogP contribution is -2.19. The monoisotopic (exact) mass is 407 g/mol. The number of pyridine rings is 1. The van der Waals surface area contributed by atoms with Crippen LogP contribution in [-0.2, 0) is 10.9 Å². The van der Waals surface area contributed by atoms with E-state index in [4.69, 9.17) is 4.74 Å². The molecule has 0 bridgehead atoms. The van der Waals surface area contributed by atoms with Crippen LogP contribution in [0.5, 0.6) is 5.75 Å². The number of hydrogen-bond acceptors (Lipinski definition) is 6. The molecule has 0 unspecified atom stereocenters. The first-order valence-electron chi connectivity index (χ1n) is 8.44. The molecule has 1 aromatic carbocycles. The summed E-state index contributed by atoms with van der Waals surface area (Å²) < 4.78 is 50.9. The Hall–Kier alpha value is -3.43. The highest BCUT2D eigenvalue weighted by atomic mass is 19.4. The second-order valence-corrected chi connectivity index (χ2v) is 6.21. The first kappa shape index (κ1) is 20.3. The molecule has 0 saturated heterocycles. The van der Waals surface area contributed by atoms with Gasteiger partial charge in [-0.15, -0.1) is 0 Å². The van der Waals surface area contributed by atoms with Crippen LogP contribution in [0.1, 0.15) is 40.5 Å². The van der Waals surface area contributed by atoms with Gasteiger partial charge >= 0.3 is 12.1 Å². The third kappa shape index (κ3) is 4.20. The number of alkyl halides is 3. The van der Waals surface area contributed by atoms with Crippen LogP contribution in [0.25, 0.3) is 11.0 Å². The number of nitrogens with zero attached hydrogens (tertiary/aromatic N) is 2. The highest BCUT2D eigenvalue weighted by molar-refractivity contribution is 5.89. The minimum atomic E-state index is -4.72. The molecule has 0 spiro atoms. The minimum Gasteiger partial charge on any atom is -0.484 e. The Bertz CT molecular complexity index is 1120. The van der Waals surface area contributed by atoms with Crippen LogP contribution in [0, 0.1) is 6.92 Å². The molecular weight excluding hydrogens is 391 g/mol. The van der Waals surface area contributed by atoms with E-state index in [2.05, 4.69) is 19.7 Å². The molecule has 2 aromatic heterocycles. The maximum atomic E-state index is 13.6. The van der Waals surface area contributed by atoms with Gasteiger partial charge in [0.2, 0.25) is 0 Å². The van der Waals surface area contributed by atoms with E-state index in [-0.39, 0.29) is 28.2 Å². The zero-order valence-corrected chi connectivity index (χ0v) is 15.6. The largest absolute Gasteiger partial charge is 0.484 e. The summed E-state index contributed by atoms with van der Waals surface area (Å²) in [5.74, 6) is -0.154. The number of halogens is 3. The number of methoxy groups -OCH3 is 1. The van der Waals surface area contributed by atoms with Gasteiger partial charge in [0, 0.05) is 0 Å². The first-order chi connectivity index (χ1) is 13.6. The number of fused-ring (bicyclic) bond motifs is 1. The SMILES string of the molecule is COC(=O)c1ccc(O[C@H](C)c2nc3c(=O)[nH]c(C)nc3cc2C(F)(F)F)cc1. The summed E-state index contributed by atoms with van der Waals surface area (Å²) >= 11 is 0. The van der Waals surface area contributed by atoms with Crippen LogP contribution in [0.2, 0.25) is 0 Å². The molecule has 10 heteroatoms. The number of aromatic nitrogens is 3. The van der Waals surface area contributed by atoms with Gasteiger partial charge in [-0.3, -0.25) is 4.79 Å². The van der Waals surface area contributed by atoms with Crippen LogP contribution in [0.15, 0.2) is 35.1 Å². The Morgan fingerprint density at radius 1 is 1.17 bits per heavy atom. The summed E-state index contributed by atoms with van der Waals surface area (Å²) in [4.78, 5) is 33.8. The Balaban J connectivity index is 2.03. The molecule has 0 fully saturated rings. The van der Waals surface area contributed by atoms with Gasteiger partial charge in [-0.2, -0.15) is 13.2 Å². The van der Waals surface area contributed by atoms with Gasteiger partial charge in [-0.1, -0.05) is 0 Å². The number of H-pyrrole nitrogens is 1. The quantitative estimate of drug-likeness (QED) is 0.665. The summed E-state index contributed by atoms with van der Waals surface area (Å²) in [7, 11) is 1.23. The highest BCUT2D eigenvalue weighted by Gasteiger charge is 2.37. The third-order valence-corrected chi connectivity index (χ3v) is 4.11. The van der Waals surface area contributed by atoms with Crippen LogP contribution in [0.4, 0.5) is 13.2 Å². The molecule has 1 atom stereocenters. The van der Waals surface area contributed by atoms with Gasteiger partial charge in [-0.25, -0.2) is 14.8 Å². The molecule has 2 heterocycles. The fraction of sp³-hybridized carbons (Fsp3) is 0.263. The van der Waals surface area contributed by atoms with Crippen LogP contribution >= 0.6 is 0 Å². The van der Waals surface area contributed by atoms with E-state index < -0.39 is 35.1 Å². The molecule has 0 aliphatic rings. The highest BCUT2D eigenvalue weighted by Crippen LogP contribution is 2.36. The molecule has 152 valence electrons. The van der Waals surface area contributed by atoms with Gasteiger partial charge in [0.05, 0.1) is 29.4 Å². The first-order valence-corrected chi connectivity index (χ1v) is 8.44. The van der Waals surface area contributed by atoms with E-state index in [1.165, 1.54) is 45.2 Å². The van der Waals surface area contributed by atoms with Gasteiger partial charge in [0.15, 0.2) is 5.52 Å². The lowest BCUT2D eigenvalue weighted by atomic mass is 10.1. The van der Waals surface area contributed by atoms with E-state index >= 15 is 0 Å². The average Bonchev–Trinajstić information content (AvgIpc) is 2.66. The number of hydrogen-bond donors (Lipinski definition) is 1. The van der Waals surface area contributed by atoms with Crippen molar-refractivity contribution in [2.24, 2.45) is 0 Å². The van der Waals surface area contributed by atoms with Crippen molar-refractivity contribution in [1.29, 1.82) is 0 Å². The number of nitrogens with one attached hydrogen (secondary N) is 1. The lowest BCUT2D eigenvalue weighted by Gasteiger charge is -2.19. The Morgan fingerprint density at radius 2 is 1.83 bits per heavy atom. The van der Waals surface area contributed by atoms with Crippen molar-refractivity contribution in [3.05, 3.63) is 63.3 Å². The molecular formula is C19H16F3N3O4. The smallest absolute Gasteiger partial charge is 0.418 e. The minimum absolute atomic E-state index is 0.156. The van der Waals surface area contributed by atoms with Crippen molar-refractivity contribution in [3.8, 4) is 5.75 Å². The van der Waals surface area contributed by atoms with E-state index in [0.29, 0.717) is 0 Å². The van der Waals surface area contributed by atoms with E-state index in [1.54, 1.807) is 0 Å². The van der Waals surface area contributed by atoms with Gasteiger partial charge < -0.3 is 14.5 Å². The van der Waals surface area contributed by atoms with E-state index in [9.17, 15) is 22.8 Å². The van der Waals surface area contributed by atoms with Crippen molar-refractivity contribution >= 4 is 17.0 Å². The predicted molar refractivity (Wildman–Crippen MR) is 96.7 cm³/mol. The predicted octanol–water partition coefficient (Wildman–Crippen LogP) is 3.57. The number of carbonyl (C=O) groups is 1. The zero-order chi connectivity index (χ0) is 21.3. The molecule has 0 aliphatic heterocycles. The summed E-state index contributed by atoms with van der Waals surface area (Å²) in [6.45, 7) is 2.85. The summed E-state index contributed by atoms with van der Waals surface area (Å²) in [5, 5.41) is 0. The summed E-state index contributed by atoms with van der Waals surface area (Å²) in [5.41, 5.74) is -2.23. The Morgan fingerprint density at radius 3 is 2.41 bits per heavy atom. The van der Waals surface area contributed by atoms with Crippen molar-refractivity contribution in [3.63, 3.8) is 0 Å². The second kappa shape index (κ2) is 7.53. The molecule has 0 amide bonds. The third-order valence-electron chi connectivity index (χ3n) is 4.11. The number of aromatic amines is 1. The number of benzene rings is 1. The number of carbonyl (C=O) groups excluding carboxylic acids is 1. The van der Waals surface area contributed by atoms with E-state index in [1.807, 2.05) is 0 Å². The Labute approximate surface area is 162 Å². The average molecular weight is 407 g/mol. The normalized spacial score (nSPS) is 12.6. The Kier molecular flexibility index (Phi) is 5.27. The summed E-state index contributed by atoms with van der Waals surface area (Å²) in [6, 6.07) is 6.48. The fourth-order valence-corrected chi connectivity index (χ4v) is 2.79. The standard InChI is InChI=1S/C19H16F3N3O4/c1-9(29-12-6-4-11(5-7-12)18(27)28-3)15-13(19(20,21)22)8-14-16(25-15)17(26)24-10(2)23-14/h4-9H,1-3H3,(H,23,24,26)/t9-/m1/s1. The molecule has 7 nitrogen and oxygen atoms in total. The lowest BCUT2D eigenvalue weighted by molar-refractivity contribution is -0.139. The number of ether oxygens (including phenoxy) is 2. The molecule has 1 N–H and O–H groups in total. The van der Waals surface area contributed by atoms with Gasteiger partial charge in [-0.05, 0) is 44.2 Å². The fourth-order valence-electron chi connectivity index (χ4n) is 2.79. The second-order valence-electron chi connectivity index (χ2n) is 6.21. The molecule has 29 heavy (non-hydrogen) atoms. The van der Waals surface area contributed by atoms with Crippen molar-refractivity contribution < 1.29 is 27.4 Å². The van der Waals surface area contributed by atoms with E-state index in [0.717, 1.165) is 6.07 Å². The number of aryl methyl sites for hydroxylation is 1. The number of rotatable bonds is 4. The molecule has 0 aliphatic carbocycles. The molecule has 0 radical (unpaired) electrons. The van der Waals surface area contributed by atoms with Crippen molar-refractivity contribution in [2.45, 2.75) is 26.1 Å². The summed E-state index contributed by atoms with van der Waals surface area (Å²) in [6.07, 6.45) is -5.86. The van der Waals surface area contributed by atoms with Crippen molar-refractivity contribution in [1.82, 2.24) is 15.0 Å². The topological polar surface area (TPSA) is 94.2 Å². The maximum Gasteiger partial charge on any atom is 0.418 e. The molecule has 3 aromatic rings. The van der Waals surface area contributed by atoms with Crippen LogP contribution in [0.3, 0.4) is 0 Å².